The summed E-state index contributed by atoms with van der Waals surface area (Å²) in [4.78, 5) is 14.0. The summed E-state index contributed by atoms with van der Waals surface area (Å²) in [7, 11) is 0. The Bertz CT molecular complexity index is 876. The molecule has 1 fully saturated rings. The largest absolute Gasteiger partial charge is 0.416 e. The highest BCUT2D eigenvalue weighted by Gasteiger charge is 2.36. The number of amides is 1. The Kier molecular flexibility index (Phi) is 4.57. The number of hydrogen-bond donors (Lipinski definition) is 1. The highest BCUT2D eigenvalue weighted by atomic mass is 32.2. The number of benzene rings is 2. The maximum absolute atomic E-state index is 12.9. The summed E-state index contributed by atoms with van der Waals surface area (Å²) in [5, 5.41) is 0. The number of alkyl halides is 3. The Morgan fingerprint density at radius 1 is 1.12 bits per heavy atom. The predicted molar refractivity (Wildman–Crippen MR) is 98.0 cm³/mol. The standard InChI is InChI=1S/C17H11F3N2OS2/c18-17(19,20)11-2-1-3-13(9-11)22-15(23)14(25-16(22)24)8-10-4-6-12(21)7-5-10/h1-9H,21H2/b14-8-. The van der Waals surface area contributed by atoms with Crippen molar-refractivity contribution in [2.45, 2.75) is 6.18 Å². The molecule has 3 rings (SSSR count). The number of thioether (sulfide) groups is 1. The number of nitrogens with two attached hydrogens (primary N) is 1. The van der Waals surface area contributed by atoms with Gasteiger partial charge in [-0.2, -0.15) is 13.2 Å². The van der Waals surface area contributed by atoms with E-state index < -0.39 is 17.6 Å². The summed E-state index contributed by atoms with van der Waals surface area (Å²) >= 11 is 6.22. The van der Waals surface area contributed by atoms with E-state index in [1.54, 1.807) is 30.3 Å². The van der Waals surface area contributed by atoms with Gasteiger partial charge in [0.05, 0.1) is 16.2 Å². The summed E-state index contributed by atoms with van der Waals surface area (Å²) in [6.45, 7) is 0. The summed E-state index contributed by atoms with van der Waals surface area (Å²) in [5.74, 6) is -0.453. The zero-order valence-electron chi connectivity index (χ0n) is 12.6. The quantitative estimate of drug-likeness (QED) is 0.466. The van der Waals surface area contributed by atoms with Crippen molar-refractivity contribution in [2.24, 2.45) is 0 Å². The molecule has 128 valence electrons. The van der Waals surface area contributed by atoms with Crippen LogP contribution in [0.2, 0.25) is 0 Å². The Hall–Kier alpha value is -2.32. The van der Waals surface area contributed by atoms with Crippen LogP contribution in [0.15, 0.2) is 53.4 Å². The molecule has 1 heterocycles. The second kappa shape index (κ2) is 6.53. The van der Waals surface area contributed by atoms with Crippen LogP contribution in [0, 0.1) is 0 Å². The second-order valence-electron chi connectivity index (χ2n) is 5.23. The summed E-state index contributed by atoms with van der Waals surface area (Å²) in [6, 6.07) is 11.4. The molecule has 3 nitrogen and oxygen atoms in total. The third-order valence-electron chi connectivity index (χ3n) is 3.46. The molecule has 1 amide bonds. The first-order chi connectivity index (χ1) is 11.8. The van der Waals surface area contributed by atoms with Crippen LogP contribution in [-0.2, 0) is 11.0 Å². The van der Waals surface area contributed by atoms with E-state index in [0.717, 1.165) is 34.4 Å². The molecule has 0 atom stereocenters. The number of hydrogen-bond acceptors (Lipinski definition) is 4. The van der Waals surface area contributed by atoms with Gasteiger partial charge in [0.2, 0.25) is 0 Å². The van der Waals surface area contributed by atoms with Crippen LogP contribution in [0.1, 0.15) is 11.1 Å². The number of carbonyl (C=O) groups excluding carboxylic acids is 1. The predicted octanol–water partition coefficient (Wildman–Crippen LogP) is 4.69. The van der Waals surface area contributed by atoms with Crippen molar-refractivity contribution in [3.63, 3.8) is 0 Å². The number of rotatable bonds is 2. The lowest BCUT2D eigenvalue weighted by Crippen LogP contribution is -2.27. The Balaban J connectivity index is 1.93. The van der Waals surface area contributed by atoms with Gasteiger partial charge >= 0.3 is 6.18 Å². The number of nitrogen functional groups attached to an aromatic ring is 1. The minimum atomic E-state index is -4.49. The first-order valence-electron chi connectivity index (χ1n) is 7.06. The first kappa shape index (κ1) is 17.5. The van der Waals surface area contributed by atoms with Crippen molar-refractivity contribution >= 4 is 51.7 Å². The van der Waals surface area contributed by atoms with E-state index >= 15 is 0 Å². The lowest BCUT2D eigenvalue weighted by molar-refractivity contribution is -0.137. The van der Waals surface area contributed by atoms with Crippen LogP contribution in [0.5, 0.6) is 0 Å². The van der Waals surface area contributed by atoms with Crippen molar-refractivity contribution in [1.29, 1.82) is 0 Å². The summed E-state index contributed by atoms with van der Waals surface area (Å²) < 4.78 is 38.8. The number of thiocarbonyl (C=S) groups is 1. The highest BCUT2D eigenvalue weighted by Crippen LogP contribution is 2.38. The molecule has 1 aliphatic rings. The maximum atomic E-state index is 12.9. The molecule has 0 bridgehead atoms. The Morgan fingerprint density at radius 3 is 2.44 bits per heavy atom. The molecule has 0 spiro atoms. The van der Waals surface area contributed by atoms with Gasteiger partial charge in [-0.3, -0.25) is 9.69 Å². The SMILES string of the molecule is Nc1ccc(/C=C2\SC(=S)N(c3cccc(C(F)(F)F)c3)C2=O)cc1. The molecule has 8 heteroatoms. The molecule has 0 aromatic heterocycles. The Morgan fingerprint density at radius 2 is 1.80 bits per heavy atom. The van der Waals surface area contributed by atoms with Crippen molar-refractivity contribution in [2.75, 3.05) is 10.6 Å². The summed E-state index contributed by atoms with van der Waals surface area (Å²) in [6.07, 6.45) is -2.86. The van der Waals surface area contributed by atoms with Gasteiger partial charge in [0, 0.05) is 5.69 Å². The smallest absolute Gasteiger partial charge is 0.399 e. The first-order valence-corrected chi connectivity index (χ1v) is 8.29. The van der Waals surface area contributed by atoms with E-state index in [2.05, 4.69) is 0 Å². The number of halogens is 3. The molecule has 25 heavy (non-hydrogen) atoms. The molecular formula is C17H11F3N2OS2. The molecule has 0 unspecified atom stereocenters. The lowest BCUT2D eigenvalue weighted by Gasteiger charge is -2.16. The zero-order valence-corrected chi connectivity index (χ0v) is 14.2. The third-order valence-corrected chi connectivity index (χ3v) is 4.76. The molecular weight excluding hydrogens is 369 g/mol. The molecule has 0 radical (unpaired) electrons. The van der Waals surface area contributed by atoms with Crippen LogP contribution in [0.4, 0.5) is 24.5 Å². The van der Waals surface area contributed by atoms with Gasteiger partial charge in [-0.25, -0.2) is 0 Å². The van der Waals surface area contributed by atoms with Crippen molar-refractivity contribution < 1.29 is 18.0 Å². The fourth-order valence-corrected chi connectivity index (χ4v) is 3.55. The van der Waals surface area contributed by atoms with Crippen LogP contribution in [-0.4, -0.2) is 10.2 Å². The van der Waals surface area contributed by atoms with Crippen LogP contribution in [0.25, 0.3) is 6.08 Å². The minimum Gasteiger partial charge on any atom is -0.399 e. The second-order valence-corrected chi connectivity index (χ2v) is 6.91. The van der Waals surface area contributed by atoms with Crippen molar-refractivity contribution in [1.82, 2.24) is 0 Å². The molecule has 1 saturated heterocycles. The summed E-state index contributed by atoms with van der Waals surface area (Å²) in [5.41, 5.74) is 6.22. The van der Waals surface area contributed by atoms with Crippen molar-refractivity contribution in [3.8, 4) is 0 Å². The molecule has 0 saturated carbocycles. The zero-order chi connectivity index (χ0) is 18.2. The monoisotopic (exact) mass is 380 g/mol. The lowest BCUT2D eigenvalue weighted by atomic mass is 10.1. The van der Waals surface area contributed by atoms with Crippen LogP contribution < -0.4 is 10.6 Å². The molecule has 0 aliphatic carbocycles. The van der Waals surface area contributed by atoms with Gasteiger partial charge in [0.15, 0.2) is 4.32 Å². The van der Waals surface area contributed by atoms with Gasteiger partial charge in [0.25, 0.3) is 5.91 Å². The van der Waals surface area contributed by atoms with Crippen molar-refractivity contribution in [3.05, 3.63) is 64.6 Å². The van der Waals surface area contributed by atoms with E-state index in [0.29, 0.717) is 10.6 Å². The molecule has 2 N–H and O–H groups in total. The van der Waals surface area contributed by atoms with Crippen LogP contribution in [0.3, 0.4) is 0 Å². The van der Waals surface area contributed by atoms with Gasteiger partial charge in [-0.1, -0.05) is 42.2 Å². The van der Waals surface area contributed by atoms with E-state index in [1.165, 1.54) is 12.1 Å². The van der Waals surface area contributed by atoms with Gasteiger partial charge < -0.3 is 5.73 Å². The average Bonchev–Trinajstić information content (AvgIpc) is 2.83. The van der Waals surface area contributed by atoms with E-state index in [4.69, 9.17) is 18.0 Å². The number of carbonyl (C=O) groups is 1. The highest BCUT2D eigenvalue weighted by molar-refractivity contribution is 8.27. The number of anilines is 2. The normalized spacial score (nSPS) is 16.8. The minimum absolute atomic E-state index is 0.0954. The average molecular weight is 380 g/mol. The molecule has 1 aliphatic heterocycles. The van der Waals surface area contributed by atoms with Gasteiger partial charge in [-0.05, 0) is 42.0 Å². The topological polar surface area (TPSA) is 46.3 Å². The molecule has 2 aromatic carbocycles. The van der Waals surface area contributed by atoms with Gasteiger partial charge in [0.1, 0.15) is 0 Å². The maximum Gasteiger partial charge on any atom is 0.416 e. The van der Waals surface area contributed by atoms with Gasteiger partial charge in [-0.15, -0.1) is 0 Å². The molecule has 2 aromatic rings. The van der Waals surface area contributed by atoms with E-state index in [1.807, 2.05) is 0 Å². The fourth-order valence-electron chi connectivity index (χ4n) is 2.26. The Labute approximate surface area is 151 Å². The third kappa shape index (κ3) is 3.69. The fraction of sp³-hybridized carbons (Fsp3) is 0.0588. The number of nitrogens with zero attached hydrogens (tertiary/aromatic N) is 1. The van der Waals surface area contributed by atoms with E-state index in [9.17, 15) is 18.0 Å². The van der Waals surface area contributed by atoms with Crippen LogP contribution >= 0.6 is 24.0 Å². The van der Waals surface area contributed by atoms with E-state index in [-0.39, 0.29) is 10.0 Å².